The smallest absolute Gasteiger partial charge is 0.0737 e. The van der Waals surface area contributed by atoms with Crippen molar-refractivity contribution in [3.63, 3.8) is 0 Å². The standard InChI is InChI=1S/C12H28N2O/c1-4-6-7-8-10-11(14-13)12(15-3)9-5-2/h11-12,14H,4-10,13H2,1-3H3. The maximum Gasteiger partial charge on any atom is 0.0737 e. The summed E-state index contributed by atoms with van der Waals surface area (Å²) in [6, 6.07) is 0.312. The molecule has 2 unspecified atom stereocenters. The summed E-state index contributed by atoms with van der Waals surface area (Å²) in [5.41, 5.74) is 2.89. The van der Waals surface area contributed by atoms with E-state index in [0.29, 0.717) is 6.04 Å². The van der Waals surface area contributed by atoms with Crippen LogP contribution in [0.2, 0.25) is 0 Å². The van der Waals surface area contributed by atoms with Gasteiger partial charge in [-0.25, -0.2) is 0 Å². The zero-order valence-electron chi connectivity index (χ0n) is 10.6. The van der Waals surface area contributed by atoms with E-state index in [1.165, 1.54) is 25.7 Å². The molecular weight excluding hydrogens is 188 g/mol. The van der Waals surface area contributed by atoms with Gasteiger partial charge in [-0.05, 0) is 12.8 Å². The molecule has 3 nitrogen and oxygen atoms in total. The molecule has 0 aromatic rings. The zero-order chi connectivity index (χ0) is 11.5. The molecule has 0 heterocycles. The maximum atomic E-state index is 5.56. The predicted molar refractivity (Wildman–Crippen MR) is 65.6 cm³/mol. The molecule has 0 aliphatic carbocycles. The normalized spacial score (nSPS) is 15.2. The van der Waals surface area contributed by atoms with E-state index in [1.807, 2.05) is 0 Å². The lowest BCUT2D eigenvalue weighted by Gasteiger charge is -2.25. The molecule has 2 atom stereocenters. The van der Waals surface area contributed by atoms with Crippen molar-refractivity contribution in [2.24, 2.45) is 5.84 Å². The molecular formula is C12H28N2O. The van der Waals surface area contributed by atoms with Crippen molar-refractivity contribution >= 4 is 0 Å². The molecule has 0 aromatic heterocycles. The van der Waals surface area contributed by atoms with E-state index in [4.69, 9.17) is 10.6 Å². The molecule has 0 radical (unpaired) electrons. The Morgan fingerprint density at radius 2 is 1.80 bits per heavy atom. The predicted octanol–water partition coefficient (Wildman–Crippen LogP) is 2.60. The van der Waals surface area contributed by atoms with Gasteiger partial charge in [0.15, 0.2) is 0 Å². The van der Waals surface area contributed by atoms with E-state index in [2.05, 4.69) is 19.3 Å². The summed E-state index contributed by atoms with van der Waals surface area (Å²) >= 11 is 0. The lowest BCUT2D eigenvalue weighted by molar-refractivity contribution is 0.0573. The van der Waals surface area contributed by atoms with Crippen LogP contribution >= 0.6 is 0 Å². The lowest BCUT2D eigenvalue weighted by Crippen LogP contribution is -2.44. The Balaban J connectivity index is 3.76. The molecule has 0 aromatic carbocycles. The van der Waals surface area contributed by atoms with Crippen molar-refractivity contribution in [2.75, 3.05) is 7.11 Å². The Hall–Kier alpha value is -0.120. The Morgan fingerprint density at radius 1 is 1.07 bits per heavy atom. The van der Waals surface area contributed by atoms with E-state index in [9.17, 15) is 0 Å². The van der Waals surface area contributed by atoms with Crippen LogP contribution in [-0.2, 0) is 4.74 Å². The Labute approximate surface area is 94.7 Å². The van der Waals surface area contributed by atoms with Crippen LogP contribution in [-0.4, -0.2) is 19.3 Å². The number of methoxy groups -OCH3 is 1. The number of unbranched alkanes of at least 4 members (excludes halogenated alkanes) is 3. The first-order valence-corrected chi connectivity index (χ1v) is 6.29. The van der Waals surface area contributed by atoms with Crippen LogP contribution in [0.1, 0.15) is 58.8 Å². The minimum Gasteiger partial charge on any atom is -0.380 e. The fourth-order valence-corrected chi connectivity index (χ4v) is 1.94. The van der Waals surface area contributed by atoms with Crippen molar-refractivity contribution in [1.29, 1.82) is 0 Å². The molecule has 3 heteroatoms. The Bertz CT molecular complexity index is 131. The van der Waals surface area contributed by atoms with Gasteiger partial charge >= 0.3 is 0 Å². The number of hydrazine groups is 1. The third-order valence-corrected chi connectivity index (χ3v) is 2.91. The lowest BCUT2D eigenvalue weighted by atomic mass is 10.00. The van der Waals surface area contributed by atoms with Crippen LogP contribution in [0.15, 0.2) is 0 Å². The number of nitrogens with two attached hydrogens (primary N) is 1. The van der Waals surface area contributed by atoms with E-state index >= 15 is 0 Å². The van der Waals surface area contributed by atoms with Crippen molar-refractivity contribution in [3.05, 3.63) is 0 Å². The summed E-state index contributed by atoms with van der Waals surface area (Å²) in [5, 5.41) is 0. The molecule has 0 saturated carbocycles. The SMILES string of the molecule is CCCCCCC(NN)C(CCC)OC. The van der Waals surface area contributed by atoms with Gasteiger partial charge in [0.05, 0.1) is 6.10 Å². The highest BCUT2D eigenvalue weighted by molar-refractivity contribution is 4.74. The first-order chi connectivity index (χ1) is 7.29. The van der Waals surface area contributed by atoms with Gasteiger partial charge in [-0.2, -0.15) is 0 Å². The monoisotopic (exact) mass is 216 g/mol. The van der Waals surface area contributed by atoms with Crippen molar-refractivity contribution in [3.8, 4) is 0 Å². The molecule has 0 rings (SSSR count). The summed E-state index contributed by atoms with van der Waals surface area (Å²) in [5.74, 6) is 5.56. The van der Waals surface area contributed by atoms with E-state index in [-0.39, 0.29) is 6.10 Å². The van der Waals surface area contributed by atoms with Crippen LogP contribution in [0, 0.1) is 0 Å². The number of hydrogen-bond acceptors (Lipinski definition) is 3. The highest BCUT2D eigenvalue weighted by Crippen LogP contribution is 2.13. The highest BCUT2D eigenvalue weighted by atomic mass is 16.5. The van der Waals surface area contributed by atoms with Crippen LogP contribution in [0.5, 0.6) is 0 Å². The summed E-state index contributed by atoms with van der Waals surface area (Å²) in [6.45, 7) is 4.41. The molecule has 0 fully saturated rings. The molecule has 0 aliphatic heterocycles. The fraction of sp³-hybridized carbons (Fsp3) is 1.00. The number of nitrogens with one attached hydrogen (secondary N) is 1. The van der Waals surface area contributed by atoms with Gasteiger partial charge < -0.3 is 4.74 Å². The molecule has 0 amide bonds. The van der Waals surface area contributed by atoms with Gasteiger partial charge in [0.25, 0.3) is 0 Å². The second kappa shape index (κ2) is 10.4. The van der Waals surface area contributed by atoms with Crippen LogP contribution < -0.4 is 11.3 Å². The van der Waals surface area contributed by atoms with Crippen LogP contribution in [0.25, 0.3) is 0 Å². The van der Waals surface area contributed by atoms with Crippen LogP contribution in [0.4, 0.5) is 0 Å². The van der Waals surface area contributed by atoms with E-state index in [0.717, 1.165) is 19.3 Å². The fourth-order valence-electron chi connectivity index (χ4n) is 1.94. The van der Waals surface area contributed by atoms with Gasteiger partial charge in [-0.15, -0.1) is 0 Å². The largest absolute Gasteiger partial charge is 0.380 e. The second-order valence-electron chi connectivity index (χ2n) is 4.19. The van der Waals surface area contributed by atoms with Gasteiger partial charge in [0.1, 0.15) is 0 Å². The quantitative estimate of drug-likeness (QED) is 0.335. The summed E-state index contributed by atoms with van der Waals surface area (Å²) in [4.78, 5) is 0. The average Bonchev–Trinajstić information content (AvgIpc) is 2.27. The minimum atomic E-state index is 0.265. The maximum absolute atomic E-state index is 5.56. The van der Waals surface area contributed by atoms with Gasteiger partial charge in [0, 0.05) is 13.2 Å². The van der Waals surface area contributed by atoms with Gasteiger partial charge in [-0.3, -0.25) is 11.3 Å². The third-order valence-electron chi connectivity index (χ3n) is 2.91. The van der Waals surface area contributed by atoms with E-state index < -0.39 is 0 Å². The van der Waals surface area contributed by atoms with Gasteiger partial charge in [0.2, 0.25) is 0 Å². The third kappa shape index (κ3) is 6.88. The topological polar surface area (TPSA) is 47.3 Å². The van der Waals surface area contributed by atoms with Crippen molar-refractivity contribution in [2.45, 2.75) is 70.9 Å². The number of hydrogen-bond donors (Lipinski definition) is 2. The van der Waals surface area contributed by atoms with Crippen molar-refractivity contribution in [1.82, 2.24) is 5.43 Å². The molecule has 0 aliphatic rings. The molecule has 0 spiro atoms. The molecule has 92 valence electrons. The number of rotatable bonds is 10. The number of ether oxygens (including phenoxy) is 1. The van der Waals surface area contributed by atoms with Gasteiger partial charge in [-0.1, -0.05) is 46.0 Å². The first kappa shape index (κ1) is 14.9. The minimum absolute atomic E-state index is 0.265. The van der Waals surface area contributed by atoms with Crippen molar-refractivity contribution < 1.29 is 4.74 Å². The summed E-state index contributed by atoms with van der Waals surface area (Å²) < 4.78 is 5.46. The summed E-state index contributed by atoms with van der Waals surface area (Å²) in [6.07, 6.45) is 8.76. The highest BCUT2D eigenvalue weighted by Gasteiger charge is 2.18. The first-order valence-electron chi connectivity index (χ1n) is 6.29. The second-order valence-corrected chi connectivity index (χ2v) is 4.19. The molecule has 15 heavy (non-hydrogen) atoms. The zero-order valence-corrected chi connectivity index (χ0v) is 10.6. The summed E-state index contributed by atoms with van der Waals surface area (Å²) in [7, 11) is 1.77. The molecule has 3 N–H and O–H groups in total. The Morgan fingerprint density at radius 3 is 2.27 bits per heavy atom. The van der Waals surface area contributed by atoms with E-state index in [1.54, 1.807) is 7.11 Å². The molecule has 0 bridgehead atoms. The average molecular weight is 216 g/mol. The van der Waals surface area contributed by atoms with Crippen LogP contribution in [0.3, 0.4) is 0 Å². The molecule has 0 saturated heterocycles. The Kier molecular flexibility index (Phi) is 10.3.